The average Bonchev–Trinajstić information content (AvgIpc) is 3.04. The second-order valence-corrected chi connectivity index (χ2v) is 7.80. The van der Waals surface area contributed by atoms with Crippen LogP contribution in [0.5, 0.6) is 0 Å². The van der Waals surface area contributed by atoms with Gasteiger partial charge in [0, 0.05) is 11.0 Å². The molecular weight excluding hydrogens is 396 g/mol. The molecule has 0 radical (unpaired) electrons. The summed E-state index contributed by atoms with van der Waals surface area (Å²) >= 11 is 6.22. The summed E-state index contributed by atoms with van der Waals surface area (Å²) in [5.74, 6) is -0.0301. The fourth-order valence-electron chi connectivity index (χ4n) is 2.03. The van der Waals surface area contributed by atoms with Gasteiger partial charge in [0.1, 0.15) is 5.01 Å². The largest absolute Gasteiger partial charge is 0.287 e. The van der Waals surface area contributed by atoms with Crippen molar-refractivity contribution in [2.24, 2.45) is 4.99 Å². The maximum Gasteiger partial charge on any atom is 0.266 e. The monoisotopic (exact) mass is 408 g/mol. The third-order valence-corrected chi connectivity index (χ3v) is 5.29. The van der Waals surface area contributed by atoms with Gasteiger partial charge in [-0.2, -0.15) is 4.99 Å². The predicted octanol–water partition coefficient (Wildman–Crippen LogP) is 4.23. The molecule has 1 aliphatic heterocycles. The van der Waals surface area contributed by atoms with Crippen molar-refractivity contribution in [3.8, 4) is 0 Å². The van der Waals surface area contributed by atoms with Gasteiger partial charge < -0.3 is 0 Å². The summed E-state index contributed by atoms with van der Waals surface area (Å²) in [5.41, 5.74) is 0.972. The minimum Gasteiger partial charge on any atom is -0.287 e. The molecule has 0 aliphatic carbocycles. The third-order valence-electron chi connectivity index (χ3n) is 3.06. The van der Waals surface area contributed by atoms with E-state index in [0.29, 0.717) is 21.7 Å². The highest BCUT2D eigenvalue weighted by atomic mass is 79.9. The van der Waals surface area contributed by atoms with Crippen molar-refractivity contribution in [3.63, 3.8) is 0 Å². The Balaban J connectivity index is 1.93. The van der Waals surface area contributed by atoms with Crippen LogP contribution >= 0.6 is 39.0 Å². The van der Waals surface area contributed by atoms with Gasteiger partial charge in [0.2, 0.25) is 5.13 Å². The van der Waals surface area contributed by atoms with Gasteiger partial charge >= 0.3 is 0 Å². The van der Waals surface area contributed by atoms with Crippen molar-refractivity contribution in [2.75, 3.05) is 6.54 Å². The van der Waals surface area contributed by atoms with E-state index >= 15 is 0 Å². The number of benzene rings is 1. The molecule has 8 heteroatoms. The zero-order valence-electron chi connectivity index (χ0n) is 12.5. The highest BCUT2D eigenvalue weighted by Crippen LogP contribution is 2.34. The first-order valence-corrected chi connectivity index (χ1v) is 9.35. The van der Waals surface area contributed by atoms with Crippen LogP contribution in [-0.2, 0) is 4.79 Å². The first kappa shape index (κ1) is 16.4. The zero-order valence-corrected chi connectivity index (χ0v) is 15.7. The van der Waals surface area contributed by atoms with E-state index in [0.717, 1.165) is 15.0 Å². The lowest BCUT2D eigenvalue weighted by atomic mass is 10.2. The molecule has 1 aromatic carbocycles. The number of hydrogen-bond donors (Lipinski definition) is 0. The van der Waals surface area contributed by atoms with E-state index in [-0.39, 0.29) is 5.91 Å². The number of rotatable bonds is 3. The number of amides is 1. The summed E-state index contributed by atoms with van der Waals surface area (Å²) in [4.78, 5) is 19.3. The van der Waals surface area contributed by atoms with Gasteiger partial charge in [0.25, 0.3) is 5.91 Å². The number of aryl methyl sites for hydroxylation is 1. The van der Waals surface area contributed by atoms with Crippen LogP contribution in [0.3, 0.4) is 0 Å². The zero-order chi connectivity index (χ0) is 16.4. The minimum atomic E-state index is -0.0301. The standard InChI is InChI=1S/C15H13BrN4OS2/c1-3-20-13(21)12(8-10-5-4-6-11(16)7-10)23-15(20)17-14-19-18-9(2)22-14/h4-8H,3H2,1-2H3/b12-8-,17-15+. The Kier molecular flexibility index (Phi) is 4.93. The molecule has 1 amide bonds. The number of hydrogen-bond acceptors (Lipinski definition) is 6. The van der Waals surface area contributed by atoms with Gasteiger partial charge in [-0.3, -0.25) is 9.69 Å². The first-order valence-electron chi connectivity index (χ1n) is 6.92. The van der Waals surface area contributed by atoms with Gasteiger partial charge in [-0.05, 0) is 49.4 Å². The molecule has 5 nitrogen and oxygen atoms in total. The Hall–Kier alpha value is -1.51. The molecule has 1 aliphatic rings. The molecule has 2 aromatic rings. The number of nitrogens with zero attached hydrogens (tertiary/aromatic N) is 4. The fraction of sp³-hybridized carbons (Fsp3) is 0.200. The van der Waals surface area contributed by atoms with Gasteiger partial charge in [-0.25, -0.2) is 0 Å². The van der Waals surface area contributed by atoms with Crippen LogP contribution in [0.2, 0.25) is 0 Å². The van der Waals surface area contributed by atoms with Crippen LogP contribution in [0.1, 0.15) is 17.5 Å². The van der Waals surface area contributed by atoms with Gasteiger partial charge in [0.05, 0.1) is 4.91 Å². The Labute approximate surface area is 150 Å². The molecule has 0 N–H and O–H groups in total. The molecule has 2 heterocycles. The summed E-state index contributed by atoms with van der Waals surface area (Å²) in [7, 11) is 0. The lowest BCUT2D eigenvalue weighted by Crippen LogP contribution is -2.28. The quantitative estimate of drug-likeness (QED) is 0.712. The van der Waals surface area contributed by atoms with Crippen molar-refractivity contribution >= 4 is 61.3 Å². The van der Waals surface area contributed by atoms with Gasteiger partial charge in [-0.1, -0.05) is 39.4 Å². The second-order valence-electron chi connectivity index (χ2n) is 4.71. The summed E-state index contributed by atoms with van der Waals surface area (Å²) in [6.45, 7) is 4.38. The van der Waals surface area contributed by atoms with Crippen LogP contribution in [0.4, 0.5) is 5.13 Å². The number of aromatic nitrogens is 2. The summed E-state index contributed by atoms with van der Waals surface area (Å²) in [6, 6.07) is 7.83. The van der Waals surface area contributed by atoms with E-state index < -0.39 is 0 Å². The number of aliphatic imine (C=N–C) groups is 1. The van der Waals surface area contributed by atoms with Crippen molar-refractivity contribution in [1.29, 1.82) is 0 Å². The Morgan fingerprint density at radius 1 is 1.39 bits per heavy atom. The number of likely N-dealkylation sites (N-methyl/N-ethyl adjacent to an activating group) is 1. The maximum absolute atomic E-state index is 12.5. The Bertz CT molecular complexity index is 815. The molecular formula is C15H13BrN4OS2. The van der Waals surface area contributed by atoms with Crippen molar-refractivity contribution in [2.45, 2.75) is 13.8 Å². The number of thioether (sulfide) groups is 1. The fourth-order valence-corrected chi connectivity index (χ4v) is 4.11. The summed E-state index contributed by atoms with van der Waals surface area (Å²) in [5, 5.41) is 10.0. The second kappa shape index (κ2) is 6.94. The highest BCUT2D eigenvalue weighted by molar-refractivity contribution is 9.10. The van der Waals surface area contributed by atoms with Crippen LogP contribution in [-0.4, -0.2) is 32.7 Å². The maximum atomic E-state index is 12.5. The van der Waals surface area contributed by atoms with Crippen molar-refractivity contribution in [3.05, 3.63) is 44.2 Å². The molecule has 0 bridgehead atoms. The van der Waals surface area contributed by atoms with E-state index in [1.54, 1.807) is 4.90 Å². The summed E-state index contributed by atoms with van der Waals surface area (Å²) < 4.78 is 0.980. The van der Waals surface area contributed by atoms with Gasteiger partial charge in [0.15, 0.2) is 5.17 Å². The van der Waals surface area contributed by atoms with E-state index in [1.807, 2.05) is 44.2 Å². The molecule has 1 aromatic heterocycles. The minimum absolute atomic E-state index is 0.0301. The number of carbonyl (C=O) groups is 1. The van der Waals surface area contributed by atoms with Crippen LogP contribution in [0, 0.1) is 6.92 Å². The van der Waals surface area contributed by atoms with E-state index in [2.05, 4.69) is 31.1 Å². The Morgan fingerprint density at radius 2 is 2.22 bits per heavy atom. The predicted molar refractivity (Wildman–Crippen MR) is 98.8 cm³/mol. The van der Waals surface area contributed by atoms with Crippen molar-refractivity contribution < 1.29 is 4.79 Å². The smallest absolute Gasteiger partial charge is 0.266 e. The van der Waals surface area contributed by atoms with E-state index in [9.17, 15) is 4.79 Å². The number of amidine groups is 1. The molecule has 0 spiro atoms. The van der Waals surface area contributed by atoms with Crippen LogP contribution < -0.4 is 0 Å². The Morgan fingerprint density at radius 3 is 2.87 bits per heavy atom. The van der Waals surface area contributed by atoms with Crippen LogP contribution in [0.15, 0.2) is 38.6 Å². The molecule has 0 saturated carbocycles. The average molecular weight is 409 g/mol. The van der Waals surface area contributed by atoms with Crippen LogP contribution in [0.25, 0.3) is 6.08 Å². The lowest BCUT2D eigenvalue weighted by Gasteiger charge is -2.11. The topological polar surface area (TPSA) is 58.5 Å². The van der Waals surface area contributed by atoms with E-state index in [1.165, 1.54) is 23.1 Å². The van der Waals surface area contributed by atoms with Crippen molar-refractivity contribution in [1.82, 2.24) is 15.1 Å². The normalized spacial score (nSPS) is 18.4. The SMILES string of the molecule is CCN1C(=O)/C(=C/c2cccc(Br)c2)S/C1=N/c1nnc(C)s1. The molecule has 3 rings (SSSR count). The molecule has 1 fully saturated rings. The first-order chi connectivity index (χ1) is 11.1. The molecule has 23 heavy (non-hydrogen) atoms. The molecule has 0 unspecified atom stereocenters. The highest BCUT2D eigenvalue weighted by Gasteiger charge is 2.32. The number of carbonyl (C=O) groups excluding carboxylic acids is 1. The molecule has 118 valence electrons. The molecule has 0 atom stereocenters. The lowest BCUT2D eigenvalue weighted by molar-refractivity contribution is -0.122. The summed E-state index contributed by atoms with van der Waals surface area (Å²) in [6.07, 6.45) is 1.88. The van der Waals surface area contributed by atoms with E-state index in [4.69, 9.17) is 0 Å². The van der Waals surface area contributed by atoms with Gasteiger partial charge in [-0.15, -0.1) is 10.2 Å². The third kappa shape index (κ3) is 3.70. The molecule has 1 saturated heterocycles. The number of halogens is 1.